The molecule has 1 aliphatic rings. The van der Waals surface area contributed by atoms with Gasteiger partial charge in [-0.05, 0) is 12.1 Å². The highest BCUT2D eigenvalue weighted by Crippen LogP contribution is 2.69. The van der Waals surface area contributed by atoms with Crippen molar-refractivity contribution in [2.24, 2.45) is 5.73 Å². The highest BCUT2D eigenvalue weighted by Gasteiger charge is 3.02. The summed E-state index contributed by atoms with van der Waals surface area (Å²) >= 11 is 0. The van der Waals surface area contributed by atoms with E-state index in [2.05, 4.69) is 0 Å². The molecule has 4 nitrogen and oxygen atoms in total. The van der Waals surface area contributed by atoms with E-state index in [0.29, 0.717) is 6.07 Å². The van der Waals surface area contributed by atoms with E-state index in [1.165, 1.54) is 0 Å². The molecule has 0 aliphatic heterocycles. The summed E-state index contributed by atoms with van der Waals surface area (Å²) in [7, 11) is 0. The molecule has 0 bridgehead atoms. The number of rotatable bonds is 3. The first-order chi connectivity index (χ1) is 12.8. The molecular weight excluding hydrogens is 437 g/mol. The van der Waals surface area contributed by atoms with E-state index in [1.807, 2.05) is 0 Å². The van der Waals surface area contributed by atoms with Gasteiger partial charge >= 0.3 is 35.3 Å². The van der Waals surface area contributed by atoms with Crippen LogP contribution >= 0.6 is 0 Å². The fourth-order valence-corrected chi connectivity index (χ4v) is 2.52. The third kappa shape index (κ3) is 2.38. The third-order valence-electron chi connectivity index (χ3n) is 4.20. The fourth-order valence-electron chi connectivity index (χ4n) is 2.52. The number of carbonyl (C=O) groups excluding carboxylic acids is 2. The summed E-state index contributed by atoms with van der Waals surface area (Å²) in [6, 6.07) is 3.21. The first kappa shape index (κ1) is 22.7. The predicted octanol–water partition coefficient (Wildman–Crippen LogP) is 3.62. The Hall–Kier alpha value is -2.61. The Balaban J connectivity index is 2.72. The molecule has 0 saturated heterocycles. The number of benzene rings is 1. The number of amides is 2. The Bertz CT molecular complexity index is 839. The average molecular weight is 444 g/mol. The van der Waals surface area contributed by atoms with Crippen molar-refractivity contribution in [3.8, 4) is 0 Å². The molecule has 3 N–H and O–H groups in total. The molecule has 0 spiro atoms. The van der Waals surface area contributed by atoms with Crippen molar-refractivity contribution in [2.45, 2.75) is 35.3 Å². The van der Waals surface area contributed by atoms with Crippen LogP contribution in [0.5, 0.6) is 0 Å². The maximum Gasteiger partial charge on any atom is 0.384 e. The van der Waals surface area contributed by atoms with Gasteiger partial charge in [0, 0.05) is 0 Å². The van der Waals surface area contributed by atoms with Gasteiger partial charge in [0.25, 0.3) is 11.8 Å². The van der Waals surface area contributed by atoms with Gasteiger partial charge in [0.15, 0.2) is 0 Å². The van der Waals surface area contributed by atoms with Crippen molar-refractivity contribution < 1.29 is 57.9 Å². The van der Waals surface area contributed by atoms with Crippen LogP contribution in [0.15, 0.2) is 24.3 Å². The topological polar surface area (TPSA) is 72.2 Å². The SMILES string of the molecule is NC(=O)c1ccccc1NC(=O)C1(F)C(F)(F)C(F)(F)C(F)(F)C(F)(F)C1(F)F. The largest absolute Gasteiger partial charge is 0.384 e. The highest BCUT2D eigenvalue weighted by atomic mass is 19.4. The summed E-state index contributed by atoms with van der Waals surface area (Å²) < 4.78 is 150. The zero-order chi connectivity index (χ0) is 22.8. The number of nitrogens with two attached hydrogens (primary N) is 1. The first-order valence-electron chi connectivity index (χ1n) is 7.10. The standard InChI is InChI=1S/C14H7F11N2O2/c15-9(8(29)27-6-4-2-1-3-5(6)7(26)28)10(16,17)12(20,21)14(24,25)13(22,23)11(9,18)19/h1-4H,(H2,26,28)(H,27,29). The van der Waals surface area contributed by atoms with Crippen LogP contribution in [0.25, 0.3) is 0 Å². The lowest BCUT2D eigenvalue weighted by Crippen LogP contribution is -2.86. The smallest absolute Gasteiger partial charge is 0.366 e. The minimum atomic E-state index is -7.44. The highest BCUT2D eigenvalue weighted by molar-refractivity contribution is 6.06. The Morgan fingerprint density at radius 3 is 1.48 bits per heavy atom. The van der Waals surface area contributed by atoms with Gasteiger partial charge in [-0.1, -0.05) is 12.1 Å². The molecule has 1 aromatic rings. The normalized spacial score (nSPS) is 25.1. The van der Waals surface area contributed by atoms with Crippen LogP contribution in [0.4, 0.5) is 54.0 Å². The predicted molar refractivity (Wildman–Crippen MR) is 72.2 cm³/mol. The number of primary amides is 1. The molecule has 1 aromatic carbocycles. The van der Waals surface area contributed by atoms with E-state index in [9.17, 15) is 57.9 Å². The first-order valence-corrected chi connectivity index (χ1v) is 7.10. The number of para-hydroxylation sites is 1. The molecule has 0 aromatic heterocycles. The molecule has 2 rings (SSSR count). The number of alkyl halides is 11. The quantitative estimate of drug-likeness (QED) is 0.700. The number of halogens is 11. The Morgan fingerprint density at radius 1 is 0.690 bits per heavy atom. The maximum absolute atomic E-state index is 14.6. The van der Waals surface area contributed by atoms with Gasteiger partial charge in [-0.2, -0.15) is 43.9 Å². The second-order valence-electron chi connectivity index (χ2n) is 5.89. The second kappa shape index (κ2) is 5.95. The minimum Gasteiger partial charge on any atom is -0.366 e. The monoisotopic (exact) mass is 444 g/mol. The number of hydrogen-bond donors (Lipinski definition) is 2. The molecule has 1 fully saturated rings. The van der Waals surface area contributed by atoms with Gasteiger partial charge in [-0.15, -0.1) is 0 Å². The molecule has 1 saturated carbocycles. The van der Waals surface area contributed by atoms with E-state index in [-0.39, 0.29) is 0 Å². The van der Waals surface area contributed by atoms with Crippen molar-refractivity contribution >= 4 is 17.5 Å². The van der Waals surface area contributed by atoms with Crippen molar-refractivity contribution in [1.29, 1.82) is 0 Å². The van der Waals surface area contributed by atoms with Gasteiger partial charge in [-0.3, -0.25) is 9.59 Å². The van der Waals surface area contributed by atoms with Crippen molar-refractivity contribution in [3.63, 3.8) is 0 Å². The number of anilines is 1. The van der Waals surface area contributed by atoms with Crippen LogP contribution in [0, 0.1) is 0 Å². The van der Waals surface area contributed by atoms with Gasteiger partial charge in [0.1, 0.15) is 0 Å². The molecule has 1 aliphatic carbocycles. The van der Waals surface area contributed by atoms with E-state index >= 15 is 0 Å². The number of hydrogen-bond acceptors (Lipinski definition) is 2. The lowest BCUT2D eigenvalue weighted by molar-refractivity contribution is -0.475. The molecule has 0 atom stereocenters. The third-order valence-corrected chi connectivity index (χ3v) is 4.20. The molecule has 15 heteroatoms. The van der Waals surface area contributed by atoms with Crippen LogP contribution < -0.4 is 11.1 Å². The summed E-state index contributed by atoms with van der Waals surface area (Å²) in [5.74, 6) is -41.9. The molecule has 0 radical (unpaired) electrons. The van der Waals surface area contributed by atoms with Crippen molar-refractivity contribution in [3.05, 3.63) is 29.8 Å². The van der Waals surface area contributed by atoms with Crippen molar-refractivity contribution in [1.82, 2.24) is 0 Å². The van der Waals surface area contributed by atoms with E-state index < -0.39 is 58.3 Å². The maximum atomic E-state index is 14.6. The Labute approximate surface area is 152 Å². The second-order valence-corrected chi connectivity index (χ2v) is 5.89. The summed E-state index contributed by atoms with van der Waals surface area (Å²) in [6.45, 7) is 0. The van der Waals surface area contributed by atoms with Crippen LogP contribution in [0.1, 0.15) is 10.4 Å². The molecule has 2 amide bonds. The van der Waals surface area contributed by atoms with Crippen LogP contribution in [0.2, 0.25) is 0 Å². The zero-order valence-electron chi connectivity index (χ0n) is 13.4. The summed E-state index contributed by atoms with van der Waals surface area (Å²) in [5, 5.41) is 0.830. The van der Waals surface area contributed by atoms with E-state index in [0.717, 1.165) is 23.5 Å². The average Bonchev–Trinajstić information content (AvgIpc) is 2.59. The van der Waals surface area contributed by atoms with Gasteiger partial charge in [-0.25, -0.2) is 4.39 Å². The van der Waals surface area contributed by atoms with Crippen LogP contribution in [-0.4, -0.2) is 47.1 Å². The molecule has 0 heterocycles. The summed E-state index contributed by atoms with van der Waals surface area (Å²) in [4.78, 5) is 22.9. The van der Waals surface area contributed by atoms with Crippen molar-refractivity contribution in [2.75, 3.05) is 5.32 Å². The summed E-state index contributed by atoms with van der Waals surface area (Å²) in [5.41, 5.74) is -4.02. The van der Waals surface area contributed by atoms with E-state index in [4.69, 9.17) is 5.73 Å². The summed E-state index contributed by atoms with van der Waals surface area (Å²) in [6.07, 6.45) is 0. The van der Waals surface area contributed by atoms with Gasteiger partial charge in [0.2, 0.25) is 0 Å². The Morgan fingerprint density at radius 2 is 1.07 bits per heavy atom. The number of nitrogens with one attached hydrogen (secondary N) is 1. The minimum absolute atomic E-state index is 0.561. The lowest BCUT2D eigenvalue weighted by Gasteiger charge is -2.51. The van der Waals surface area contributed by atoms with Gasteiger partial charge in [0.05, 0.1) is 11.3 Å². The number of carbonyl (C=O) groups is 2. The molecule has 162 valence electrons. The lowest BCUT2D eigenvalue weighted by atomic mass is 9.71. The molecular formula is C14H7F11N2O2. The van der Waals surface area contributed by atoms with Crippen LogP contribution in [-0.2, 0) is 4.79 Å². The van der Waals surface area contributed by atoms with E-state index in [1.54, 1.807) is 0 Å². The zero-order valence-corrected chi connectivity index (χ0v) is 13.4. The Kier molecular flexibility index (Phi) is 4.65. The van der Waals surface area contributed by atoms with Crippen LogP contribution in [0.3, 0.4) is 0 Å². The molecule has 0 unspecified atom stereocenters. The molecule has 29 heavy (non-hydrogen) atoms. The fraction of sp³-hybridized carbons (Fsp3) is 0.429. The van der Waals surface area contributed by atoms with Gasteiger partial charge < -0.3 is 11.1 Å².